The van der Waals surface area contributed by atoms with Crippen LogP contribution >= 0.6 is 23.2 Å². The highest BCUT2D eigenvalue weighted by Gasteiger charge is 2.31. The second kappa shape index (κ2) is 10.4. The van der Waals surface area contributed by atoms with Crippen molar-refractivity contribution in [3.05, 3.63) is 63.4 Å². The number of piperidine rings is 1. The van der Waals surface area contributed by atoms with E-state index < -0.39 is 0 Å². The van der Waals surface area contributed by atoms with Gasteiger partial charge in [0.05, 0.1) is 10.7 Å². The van der Waals surface area contributed by atoms with E-state index in [2.05, 4.69) is 15.2 Å². The zero-order valence-corrected chi connectivity index (χ0v) is 22.7. The summed E-state index contributed by atoms with van der Waals surface area (Å²) < 4.78 is 1.92. The Morgan fingerprint density at radius 3 is 2.57 bits per heavy atom. The Kier molecular flexibility index (Phi) is 7.25. The lowest BCUT2D eigenvalue weighted by molar-refractivity contribution is -0.130. The standard InChI is InChI=1S/C27H30Cl2N6O2/c1-16-19(20-7-11-30-25(29)24(20)28)5-4-6-21(16)32-27(37)26-31-22-15-35(14-10-23(22)33(26)3)18-8-12-34(13-9-18)17(2)36/h4-7,11,18H,8-10,12-15H2,1-3H3,(H,32,37). The van der Waals surface area contributed by atoms with Crippen LogP contribution in [0.5, 0.6) is 0 Å². The Morgan fingerprint density at radius 2 is 1.84 bits per heavy atom. The molecule has 0 spiro atoms. The average Bonchev–Trinajstić information content (AvgIpc) is 3.23. The first-order chi connectivity index (χ1) is 17.7. The van der Waals surface area contributed by atoms with Gasteiger partial charge in [0.25, 0.3) is 5.91 Å². The fourth-order valence-corrected chi connectivity index (χ4v) is 5.85. The molecule has 2 amide bonds. The van der Waals surface area contributed by atoms with Gasteiger partial charge in [0.15, 0.2) is 5.82 Å². The van der Waals surface area contributed by atoms with E-state index in [1.54, 1.807) is 13.1 Å². The Balaban J connectivity index is 1.33. The van der Waals surface area contributed by atoms with Crippen molar-refractivity contribution in [1.82, 2.24) is 24.3 Å². The Labute approximate surface area is 226 Å². The number of imidazole rings is 1. The molecule has 8 nitrogen and oxygen atoms in total. The summed E-state index contributed by atoms with van der Waals surface area (Å²) >= 11 is 12.5. The highest BCUT2D eigenvalue weighted by molar-refractivity contribution is 6.43. The molecule has 2 aromatic heterocycles. The number of carbonyl (C=O) groups excluding carboxylic acids is 2. The third kappa shape index (κ3) is 4.98. The van der Waals surface area contributed by atoms with E-state index in [4.69, 9.17) is 28.2 Å². The van der Waals surface area contributed by atoms with Crippen LogP contribution in [0.1, 0.15) is 47.3 Å². The van der Waals surface area contributed by atoms with Gasteiger partial charge in [-0.2, -0.15) is 0 Å². The van der Waals surface area contributed by atoms with Crippen LogP contribution in [0.25, 0.3) is 11.1 Å². The largest absolute Gasteiger partial charge is 0.343 e. The van der Waals surface area contributed by atoms with Gasteiger partial charge >= 0.3 is 0 Å². The molecule has 0 radical (unpaired) electrons. The molecule has 0 aliphatic carbocycles. The lowest BCUT2D eigenvalue weighted by Crippen LogP contribution is -2.47. The van der Waals surface area contributed by atoms with Crippen molar-refractivity contribution in [2.45, 2.75) is 45.7 Å². The molecule has 1 aromatic carbocycles. The second-order valence-electron chi connectivity index (χ2n) is 9.74. The van der Waals surface area contributed by atoms with Crippen LogP contribution < -0.4 is 5.32 Å². The first-order valence-corrected chi connectivity index (χ1v) is 13.3. The molecule has 10 heteroatoms. The maximum absolute atomic E-state index is 13.4. The fourth-order valence-electron chi connectivity index (χ4n) is 5.48. The summed E-state index contributed by atoms with van der Waals surface area (Å²) in [5.41, 5.74) is 5.26. The van der Waals surface area contributed by atoms with E-state index in [1.165, 1.54) is 0 Å². The molecule has 4 heterocycles. The lowest BCUT2D eigenvalue weighted by Gasteiger charge is -2.39. The summed E-state index contributed by atoms with van der Waals surface area (Å²) in [5.74, 6) is 0.290. The number of rotatable bonds is 4. The van der Waals surface area contributed by atoms with Crippen LogP contribution in [-0.2, 0) is 24.8 Å². The minimum Gasteiger partial charge on any atom is -0.343 e. The Morgan fingerprint density at radius 1 is 1.08 bits per heavy atom. The topological polar surface area (TPSA) is 83.4 Å². The zero-order valence-electron chi connectivity index (χ0n) is 21.2. The molecular formula is C27H30Cl2N6O2. The molecule has 1 saturated heterocycles. The molecule has 0 saturated carbocycles. The maximum atomic E-state index is 13.4. The van der Waals surface area contributed by atoms with Gasteiger partial charge in [-0.15, -0.1) is 0 Å². The number of fused-ring (bicyclic) bond motifs is 1. The smallest absolute Gasteiger partial charge is 0.291 e. The number of nitrogens with one attached hydrogen (secondary N) is 1. The first-order valence-electron chi connectivity index (χ1n) is 12.5. The van der Waals surface area contributed by atoms with Gasteiger partial charge in [0, 0.05) is 75.8 Å². The van der Waals surface area contributed by atoms with Crippen LogP contribution in [0.2, 0.25) is 10.2 Å². The molecule has 1 N–H and O–H groups in total. The summed E-state index contributed by atoms with van der Waals surface area (Å²) in [4.78, 5) is 38.2. The minimum atomic E-state index is -0.252. The number of pyridine rings is 1. The number of aromatic nitrogens is 3. The highest BCUT2D eigenvalue weighted by atomic mass is 35.5. The van der Waals surface area contributed by atoms with Crippen molar-refractivity contribution in [1.29, 1.82) is 0 Å². The number of amides is 2. The third-order valence-corrected chi connectivity index (χ3v) is 8.40. The van der Waals surface area contributed by atoms with E-state index in [0.29, 0.717) is 22.6 Å². The van der Waals surface area contributed by atoms with Gasteiger partial charge < -0.3 is 14.8 Å². The number of halogens is 2. The zero-order chi connectivity index (χ0) is 26.3. The van der Waals surface area contributed by atoms with Crippen LogP contribution in [0.4, 0.5) is 5.69 Å². The van der Waals surface area contributed by atoms with Crippen molar-refractivity contribution in [3.63, 3.8) is 0 Å². The third-order valence-electron chi connectivity index (χ3n) is 7.63. The van der Waals surface area contributed by atoms with Crippen LogP contribution in [0.3, 0.4) is 0 Å². The van der Waals surface area contributed by atoms with E-state index in [0.717, 1.165) is 73.5 Å². The fraction of sp³-hybridized carbons (Fsp3) is 0.407. The summed E-state index contributed by atoms with van der Waals surface area (Å²) in [5, 5.41) is 3.67. The van der Waals surface area contributed by atoms with E-state index in [9.17, 15) is 9.59 Å². The molecule has 3 aromatic rings. The van der Waals surface area contributed by atoms with Gasteiger partial charge in [-0.25, -0.2) is 9.97 Å². The summed E-state index contributed by atoms with van der Waals surface area (Å²) in [6.45, 7) is 6.82. The molecular weight excluding hydrogens is 511 g/mol. The van der Waals surface area contributed by atoms with E-state index in [1.807, 2.05) is 47.7 Å². The molecule has 2 aliphatic heterocycles. The number of benzene rings is 1. The van der Waals surface area contributed by atoms with Gasteiger partial charge in [0.1, 0.15) is 5.15 Å². The molecule has 0 atom stereocenters. The van der Waals surface area contributed by atoms with Gasteiger partial charge in [0.2, 0.25) is 5.91 Å². The summed E-state index contributed by atoms with van der Waals surface area (Å²) in [6.07, 6.45) is 4.40. The highest BCUT2D eigenvalue weighted by Crippen LogP contribution is 2.36. The van der Waals surface area contributed by atoms with Crippen LogP contribution in [0.15, 0.2) is 30.5 Å². The molecule has 194 valence electrons. The number of carbonyl (C=O) groups is 2. The maximum Gasteiger partial charge on any atom is 0.291 e. The van der Waals surface area contributed by atoms with E-state index >= 15 is 0 Å². The van der Waals surface area contributed by atoms with Gasteiger partial charge in [-0.1, -0.05) is 35.3 Å². The Hall–Kier alpha value is -2.94. The van der Waals surface area contributed by atoms with Crippen molar-refractivity contribution < 1.29 is 9.59 Å². The van der Waals surface area contributed by atoms with Gasteiger partial charge in [-0.05, 0) is 43.0 Å². The molecule has 37 heavy (non-hydrogen) atoms. The molecule has 2 aliphatic rings. The van der Waals surface area contributed by atoms with Crippen LogP contribution in [0, 0.1) is 6.92 Å². The summed E-state index contributed by atoms with van der Waals surface area (Å²) in [7, 11) is 1.91. The summed E-state index contributed by atoms with van der Waals surface area (Å²) in [6, 6.07) is 7.93. The SMILES string of the molecule is CC(=O)N1CCC(N2CCc3c(nc(C(=O)Nc4cccc(-c5ccnc(Cl)c5Cl)c4C)n3C)C2)CC1. The normalized spacial score (nSPS) is 16.5. The Bertz CT molecular complexity index is 1360. The van der Waals surface area contributed by atoms with Gasteiger partial charge in [-0.3, -0.25) is 14.5 Å². The van der Waals surface area contributed by atoms with E-state index in [-0.39, 0.29) is 17.0 Å². The van der Waals surface area contributed by atoms with Crippen molar-refractivity contribution in [2.24, 2.45) is 7.05 Å². The van der Waals surface area contributed by atoms with Crippen molar-refractivity contribution in [2.75, 3.05) is 25.0 Å². The molecule has 0 unspecified atom stereocenters. The molecule has 0 bridgehead atoms. The quantitative estimate of drug-likeness (QED) is 0.484. The van der Waals surface area contributed by atoms with Crippen molar-refractivity contribution >= 4 is 40.7 Å². The average molecular weight is 541 g/mol. The molecule has 5 rings (SSSR count). The number of likely N-dealkylation sites (tertiary alicyclic amines) is 1. The number of hydrogen-bond acceptors (Lipinski definition) is 5. The molecule has 1 fully saturated rings. The van der Waals surface area contributed by atoms with Crippen LogP contribution in [-0.4, -0.2) is 61.8 Å². The predicted octanol–water partition coefficient (Wildman–Crippen LogP) is 4.72. The minimum absolute atomic E-state index is 0.146. The predicted molar refractivity (Wildman–Crippen MR) is 145 cm³/mol. The van der Waals surface area contributed by atoms with Crippen molar-refractivity contribution in [3.8, 4) is 11.1 Å². The lowest BCUT2D eigenvalue weighted by atomic mass is 10.00. The first kappa shape index (κ1) is 25.7. The number of anilines is 1. The number of nitrogens with zero attached hydrogens (tertiary/aromatic N) is 5. The number of hydrogen-bond donors (Lipinski definition) is 1. The second-order valence-corrected chi connectivity index (χ2v) is 10.5. The monoisotopic (exact) mass is 540 g/mol.